The van der Waals surface area contributed by atoms with Crippen LogP contribution in [0, 0.1) is 0 Å². The SMILES string of the molecule is O=C(N[C@H](Cc1ccccc1)C(=O)O)c1cn2ccccc2n1. The molecule has 3 aromatic rings. The second kappa shape index (κ2) is 6.31. The molecule has 0 unspecified atom stereocenters. The van der Waals surface area contributed by atoms with E-state index in [1.54, 1.807) is 22.9 Å². The highest BCUT2D eigenvalue weighted by Crippen LogP contribution is 2.07. The molecular formula is C17H15N3O3. The van der Waals surface area contributed by atoms with E-state index in [0.29, 0.717) is 5.65 Å². The average Bonchev–Trinajstić information content (AvgIpc) is 2.99. The fourth-order valence-electron chi connectivity index (χ4n) is 2.33. The average molecular weight is 309 g/mol. The molecule has 3 rings (SSSR count). The molecule has 0 bridgehead atoms. The van der Waals surface area contributed by atoms with Crippen molar-refractivity contribution in [2.24, 2.45) is 0 Å². The van der Waals surface area contributed by atoms with Gasteiger partial charge < -0.3 is 14.8 Å². The zero-order valence-corrected chi connectivity index (χ0v) is 12.2. The first-order chi connectivity index (χ1) is 11.1. The van der Waals surface area contributed by atoms with Gasteiger partial charge in [-0.05, 0) is 17.7 Å². The largest absolute Gasteiger partial charge is 0.480 e. The van der Waals surface area contributed by atoms with Crippen molar-refractivity contribution in [3.05, 3.63) is 72.2 Å². The third-order valence-corrected chi connectivity index (χ3v) is 3.48. The molecule has 1 atom stereocenters. The number of carboxylic acids is 1. The Hall–Kier alpha value is -3.15. The van der Waals surface area contributed by atoms with Crippen LogP contribution in [0.25, 0.3) is 5.65 Å². The van der Waals surface area contributed by atoms with Gasteiger partial charge in [-0.2, -0.15) is 0 Å². The number of hydrogen-bond donors (Lipinski definition) is 2. The molecule has 0 radical (unpaired) electrons. The highest BCUT2D eigenvalue weighted by Gasteiger charge is 2.22. The molecule has 2 N–H and O–H groups in total. The number of aliphatic carboxylic acids is 1. The number of nitrogens with one attached hydrogen (secondary N) is 1. The summed E-state index contributed by atoms with van der Waals surface area (Å²) < 4.78 is 1.71. The normalized spacial score (nSPS) is 12.0. The number of fused-ring (bicyclic) bond motifs is 1. The summed E-state index contributed by atoms with van der Waals surface area (Å²) in [5, 5.41) is 11.9. The second-order valence-electron chi connectivity index (χ2n) is 5.15. The van der Waals surface area contributed by atoms with Gasteiger partial charge in [0.25, 0.3) is 5.91 Å². The van der Waals surface area contributed by atoms with E-state index < -0.39 is 17.9 Å². The lowest BCUT2D eigenvalue weighted by Gasteiger charge is -2.13. The van der Waals surface area contributed by atoms with E-state index in [4.69, 9.17) is 0 Å². The molecule has 6 nitrogen and oxygen atoms in total. The number of carbonyl (C=O) groups is 2. The summed E-state index contributed by atoms with van der Waals surface area (Å²) >= 11 is 0. The maximum atomic E-state index is 12.3. The van der Waals surface area contributed by atoms with Crippen molar-refractivity contribution in [1.82, 2.24) is 14.7 Å². The van der Waals surface area contributed by atoms with Gasteiger partial charge in [0, 0.05) is 18.8 Å². The first-order valence-corrected chi connectivity index (χ1v) is 7.15. The smallest absolute Gasteiger partial charge is 0.326 e. The second-order valence-corrected chi connectivity index (χ2v) is 5.15. The van der Waals surface area contributed by atoms with Gasteiger partial charge in [0.05, 0.1) is 0 Å². The highest BCUT2D eigenvalue weighted by atomic mass is 16.4. The molecule has 0 aliphatic carbocycles. The van der Waals surface area contributed by atoms with Crippen LogP contribution in [0.3, 0.4) is 0 Å². The fraction of sp³-hybridized carbons (Fsp3) is 0.118. The van der Waals surface area contributed by atoms with Crippen LogP contribution >= 0.6 is 0 Å². The Morgan fingerprint density at radius 1 is 1.13 bits per heavy atom. The van der Waals surface area contributed by atoms with Crippen LogP contribution in [0.2, 0.25) is 0 Å². The third kappa shape index (κ3) is 3.37. The van der Waals surface area contributed by atoms with E-state index in [1.807, 2.05) is 42.5 Å². The molecule has 0 fully saturated rings. The van der Waals surface area contributed by atoms with Crippen molar-refractivity contribution >= 4 is 17.5 Å². The zero-order valence-electron chi connectivity index (χ0n) is 12.2. The molecule has 116 valence electrons. The molecule has 0 aliphatic rings. The number of carbonyl (C=O) groups excluding carboxylic acids is 1. The summed E-state index contributed by atoms with van der Waals surface area (Å²) in [7, 11) is 0. The first kappa shape index (κ1) is 14.8. The van der Waals surface area contributed by atoms with Crippen molar-refractivity contribution in [2.45, 2.75) is 12.5 Å². The van der Waals surface area contributed by atoms with Crippen molar-refractivity contribution in [3.63, 3.8) is 0 Å². The molecule has 2 heterocycles. The van der Waals surface area contributed by atoms with E-state index in [-0.39, 0.29) is 12.1 Å². The van der Waals surface area contributed by atoms with Crippen LogP contribution in [0.15, 0.2) is 60.9 Å². The van der Waals surface area contributed by atoms with Crippen molar-refractivity contribution in [2.75, 3.05) is 0 Å². The van der Waals surface area contributed by atoms with Crippen LogP contribution in [-0.2, 0) is 11.2 Å². The topological polar surface area (TPSA) is 83.7 Å². The summed E-state index contributed by atoms with van der Waals surface area (Å²) in [4.78, 5) is 27.9. The van der Waals surface area contributed by atoms with Gasteiger partial charge in [0.1, 0.15) is 17.4 Å². The van der Waals surface area contributed by atoms with E-state index in [2.05, 4.69) is 10.3 Å². The minimum Gasteiger partial charge on any atom is -0.480 e. The van der Waals surface area contributed by atoms with Gasteiger partial charge in [-0.3, -0.25) is 4.79 Å². The van der Waals surface area contributed by atoms with Crippen molar-refractivity contribution in [1.29, 1.82) is 0 Å². The number of rotatable bonds is 5. The Kier molecular flexibility index (Phi) is 4.05. The quantitative estimate of drug-likeness (QED) is 0.752. The molecule has 0 aliphatic heterocycles. The summed E-state index contributed by atoms with van der Waals surface area (Å²) in [6.07, 6.45) is 3.57. The Morgan fingerprint density at radius 2 is 1.87 bits per heavy atom. The number of hydrogen-bond acceptors (Lipinski definition) is 3. The van der Waals surface area contributed by atoms with Gasteiger partial charge in [-0.25, -0.2) is 9.78 Å². The van der Waals surface area contributed by atoms with E-state index in [9.17, 15) is 14.7 Å². The molecule has 6 heteroatoms. The zero-order chi connectivity index (χ0) is 16.2. The predicted molar refractivity (Wildman–Crippen MR) is 84.2 cm³/mol. The molecule has 2 aromatic heterocycles. The number of amides is 1. The first-order valence-electron chi connectivity index (χ1n) is 7.15. The van der Waals surface area contributed by atoms with Gasteiger partial charge in [-0.15, -0.1) is 0 Å². The number of nitrogens with zero attached hydrogens (tertiary/aromatic N) is 2. The molecule has 0 spiro atoms. The van der Waals surface area contributed by atoms with Crippen LogP contribution < -0.4 is 5.32 Å². The van der Waals surface area contributed by atoms with E-state index in [0.717, 1.165) is 5.56 Å². The monoisotopic (exact) mass is 309 g/mol. The summed E-state index contributed by atoms with van der Waals surface area (Å²) in [5.41, 5.74) is 1.67. The maximum Gasteiger partial charge on any atom is 0.326 e. The predicted octanol–water partition coefficient (Wildman–Crippen LogP) is 1.76. The molecule has 23 heavy (non-hydrogen) atoms. The molecular weight excluding hydrogens is 294 g/mol. The Balaban J connectivity index is 1.76. The number of carboxylic acid groups (broad SMARTS) is 1. The highest BCUT2D eigenvalue weighted by molar-refractivity contribution is 5.95. The van der Waals surface area contributed by atoms with Crippen molar-refractivity contribution < 1.29 is 14.7 Å². The van der Waals surface area contributed by atoms with E-state index in [1.165, 1.54) is 0 Å². The number of imidazole rings is 1. The summed E-state index contributed by atoms with van der Waals surface area (Å²) in [6, 6.07) is 13.6. The molecule has 0 saturated heterocycles. The van der Waals surface area contributed by atoms with Crippen LogP contribution in [0.4, 0.5) is 0 Å². The van der Waals surface area contributed by atoms with E-state index >= 15 is 0 Å². The lowest BCUT2D eigenvalue weighted by Crippen LogP contribution is -2.42. The van der Waals surface area contributed by atoms with Gasteiger partial charge >= 0.3 is 5.97 Å². The number of aromatic nitrogens is 2. The fourth-order valence-corrected chi connectivity index (χ4v) is 2.33. The standard InChI is InChI=1S/C17H15N3O3/c21-16(14-11-20-9-5-4-8-15(20)18-14)19-13(17(22)23)10-12-6-2-1-3-7-12/h1-9,11,13H,10H2,(H,19,21)(H,22,23)/t13-/m1/s1. The third-order valence-electron chi connectivity index (χ3n) is 3.48. The lowest BCUT2D eigenvalue weighted by atomic mass is 10.1. The van der Waals surface area contributed by atoms with Gasteiger partial charge in [-0.1, -0.05) is 36.4 Å². The Bertz CT molecular complexity index is 809. The Labute approximate surface area is 132 Å². The molecule has 1 aromatic carbocycles. The Morgan fingerprint density at radius 3 is 2.57 bits per heavy atom. The van der Waals surface area contributed by atoms with Gasteiger partial charge in [0.2, 0.25) is 0 Å². The minimum absolute atomic E-state index is 0.190. The lowest BCUT2D eigenvalue weighted by molar-refractivity contribution is -0.139. The molecule has 0 saturated carbocycles. The van der Waals surface area contributed by atoms with Gasteiger partial charge in [0.15, 0.2) is 0 Å². The maximum absolute atomic E-state index is 12.3. The number of pyridine rings is 1. The van der Waals surface area contributed by atoms with Crippen LogP contribution in [0.5, 0.6) is 0 Å². The number of benzene rings is 1. The van der Waals surface area contributed by atoms with Crippen LogP contribution in [0.1, 0.15) is 16.1 Å². The van der Waals surface area contributed by atoms with Crippen LogP contribution in [-0.4, -0.2) is 32.4 Å². The van der Waals surface area contributed by atoms with Crippen molar-refractivity contribution in [3.8, 4) is 0 Å². The summed E-state index contributed by atoms with van der Waals surface area (Å²) in [5.74, 6) is -1.58. The summed E-state index contributed by atoms with van der Waals surface area (Å²) in [6.45, 7) is 0. The minimum atomic E-state index is -1.08. The molecule has 1 amide bonds.